The van der Waals surface area contributed by atoms with Gasteiger partial charge in [0.2, 0.25) is 11.8 Å². The standard InChI is InChI=1S/2C19H26N2O4S2.Na.Zn.H/c2*22-13-5-6-16-15(10-13)12(11-20-16)9-17(19(24)25)21-18(23)4-2-1-3-14(27)7-8-26;;;/h2*5-6,10-11,14,17,20,22,26-27H,1-4,7-9H2,(H,21,23)(H,24,25);;;/q;;+1;+2;-1/p-2/t2*14?,17-;;;/m00.../s1. The molecule has 0 aliphatic heterocycles. The fraction of sp³-hybridized carbons (Fsp3) is 0.474. The Hall–Kier alpha value is -1.98. The van der Waals surface area contributed by atoms with Gasteiger partial charge in [0.15, 0.2) is 0 Å². The van der Waals surface area contributed by atoms with Crippen LogP contribution in [0.15, 0.2) is 48.8 Å². The van der Waals surface area contributed by atoms with E-state index in [-0.39, 0.29) is 110 Å². The number of aromatic nitrogens is 2. The molecular formula is C38H51N4NaO8S4Zn. The summed E-state index contributed by atoms with van der Waals surface area (Å²) >= 11 is 17.2. The van der Waals surface area contributed by atoms with Crippen molar-refractivity contribution in [2.45, 2.75) is 99.6 Å². The number of nitrogens with one attached hydrogen (secondary N) is 4. The van der Waals surface area contributed by atoms with E-state index in [4.69, 9.17) is 0 Å². The zero-order chi connectivity index (χ0) is 39.6. The van der Waals surface area contributed by atoms with Crippen molar-refractivity contribution < 1.29 is 90.1 Å². The van der Waals surface area contributed by atoms with Crippen molar-refractivity contribution in [2.75, 3.05) is 11.5 Å². The first kappa shape index (κ1) is 52.0. The molecule has 0 saturated carbocycles. The van der Waals surface area contributed by atoms with Crippen molar-refractivity contribution >= 4 is 96.1 Å². The van der Waals surface area contributed by atoms with Crippen LogP contribution in [-0.4, -0.2) is 78.0 Å². The third-order valence-corrected chi connectivity index (χ3v) is 10.4. The van der Waals surface area contributed by atoms with Crippen LogP contribution < -0.4 is 50.4 Å². The van der Waals surface area contributed by atoms with E-state index in [9.17, 15) is 39.6 Å². The van der Waals surface area contributed by atoms with E-state index in [1.54, 1.807) is 48.8 Å². The normalized spacial score (nSPS) is 12.9. The molecule has 0 bridgehead atoms. The molecule has 0 radical (unpaired) electrons. The Balaban J connectivity index is 0.00000105. The van der Waals surface area contributed by atoms with Gasteiger partial charge in [-0.05, 0) is 97.6 Å². The molecule has 0 saturated heterocycles. The first-order valence-electron chi connectivity index (χ1n) is 18.0. The van der Waals surface area contributed by atoms with E-state index in [0.29, 0.717) is 24.0 Å². The van der Waals surface area contributed by atoms with E-state index < -0.39 is 24.0 Å². The van der Waals surface area contributed by atoms with Crippen molar-refractivity contribution in [1.82, 2.24) is 20.6 Å². The molecule has 4 atom stereocenters. The Morgan fingerprint density at radius 3 is 1.38 bits per heavy atom. The molecule has 2 aromatic heterocycles. The maximum Gasteiger partial charge on any atom is 2.00 e. The van der Waals surface area contributed by atoms with E-state index in [0.717, 1.165) is 71.8 Å². The second-order valence-electron chi connectivity index (χ2n) is 13.2. The summed E-state index contributed by atoms with van der Waals surface area (Å²) in [5.41, 5.74) is 2.96. The van der Waals surface area contributed by atoms with Crippen LogP contribution in [0.2, 0.25) is 0 Å². The van der Waals surface area contributed by atoms with Crippen LogP contribution in [0.1, 0.15) is 76.8 Å². The number of carboxylic acid groups (broad SMARTS) is 2. The van der Waals surface area contributed by atoms with Gasteiger partial charge in [0.05, 0.1) is 24.0 Å². The Morgan fingerprint density at radius 2 is 1.04 bits per heavy atom. The summed E-state index contributed by atoms with van der Waals surface area (Å²) in [4.78, 5) is 53.1. The number of unbranched alkanes of at least 4 members (excludes halogenated alkanes) is 2. The number of carbonyl (C=O) groups is 4. The van der Waals surface area contributed by atoms with Gasteiger partial charge >= 0.3 is 49.0 Å². The Kier molecular flexibility index (Phi) is 25.7. The molecule has 12 nitrogen and oxygen atoms in total. The Labute approximate surface area is 386 Å². The van der Waals surface area contributed by atoms with Crippen LogP contribution in [0, 0.1) is 0 Å². The summed E-state index contributed by atoms with van der Waals surface area (Å²) in [5.74, 6) is -1.52. The van der Waals surface area contributed by atoms with Gasteiger partial charge in [0.25, 0.3) is 0 Å². The second kappa shape index (κ2) is 27.7. The minimum absolute atomic E-state index is 0. The van der Waals surface area contributed by atoms with E-state index in [1.807, 2.05) is 0 Å². The van der Waals surface area contributed by atoms with Crippen molar-refractivity contribution in [1.29, 1.82) is 0 Å². The third kappa shape index (κ3) is 18.3. The first-order valence-corrected chi connectivity index (χ1v) is 20.3. The summed E-state index contributed by atoms with van der Waals surface area (Å²) in [7, 11) is 0. The number of carbonyl (C=O) groups excluding carboxylic acids is 4. The van der Waals surface area contributed by atoms with Crippen LogP contribution in [-0.2, 0) is 51.5 Å². The van der Waals surface area contributed by atoms with Crippen molar-refractivity contribution in [3.8, 4) is 11.5 Å². The van der Waals surface area contributed by atoms with E-state index in [1.165, 1.54) is 0 Å². The number of thiol groups is 4. The number of aliphatic carboxylic acids is 2. The molecule has 0 aliphatic rings. The smallest absolute Gasteiger partial charge is 1.00 e. The molecule has 0 aliphatic carbocycles. The SMILES string of the molecule is O=C(CCCCC(S)CCS)N[C@@H](Cc1c[nH]c2ccc(O)cc12)C(=O)[O-].O=C(CCCCC(S)CCS)N[C@@H](Cc1c[nH]c2ccc(O)cc12)C(=O)[O-].[H-].[Na+].[Zn+2]. The van der Waals surface area contributed by atoms with Crippen LogP contribution in [0.4, 0.5) is 0 Å². The molecule has 0 fully saturated rings. The fourth-order valence-corrected chi connectivity index (χ4v) is 7.60. The van der Waals surface area contributed by atoms with Crippen LogP contribution in [0.25, 0.3) is 21.8 Å². The number of H-pyrrole nitrogens is 2. The average molecular weight is 908 g/mol. The zero-order valence-electron chi connectivity index (χ0n) is 32.7. The number of hydrogen-bond acceptors (Lipinski definition) is 12. The molecule has 2 aromatic carbocycles. The number of amides is 2. The molecule has 2 heterocycles. The number of carboxylic acids is 2. The summed E-state index contributed by atoms with van der Waals surface area (Å²) in [6, 6.07) is 7.40. The number of phenolic OH excluding ortho intramolecular Hbond substituents is 2. The second-order valence-corrected chi connectivity index (χ2v) is 15.6. The number of hydrogen-bond donors (Lipinski definition) is 10. The Morgan fingerprint density at radius 1 is 0.661 bits per heavy atom. The number of aromatic hydroxyl groups is 2. The molecule has 56 heavy (non-hydrogen) atoms. The molecule has 298 valence electrons. The topological polar surface area (TPSA) is 210 Å². The quantitative estimate of drug-likeness (QED) is 0.0309. The first-order chi connectivity index (χ1) is 25.8. The number of benzene rings is 2. The zero-order valence-corrected chi connectivity index (χ0v) is 40.2. The van der Waals surface area contributed by atoms with Crippen molar-refractivity contribution in [3.05, 3.63) is 59.9 Å². The van der Waals surface area contributed by atoms with Crippen molar-refractivity contribution in [3.63, 3.8) is 0 Å². The molecule has 4 aromatic rings. The van der Waals surface area contributed by atoms with Gasteiger partial charge in [-0.1, -0.05) is 12.8 Å². The third-order valence-electron chi connectivity index (χ3n) is 8.90. The molecule has 0 spiro atoms. The predicted molar refractivity (Wildman–Crippen MR) is 222 cm³/mol. The average Bonchev–Trinajstić information content (AvgIpc) is 3.71. The maximum atomic E-state index is 12.1. The summed E-state index contributed by atoms with van der Waals surface area (Å²) in [6.45, 7) is 0. The van der Waals surface area contributed by atoms with Crippen LogP contribution >= 0.6 is 50.5 Å². The van der Waals surface area contributed by atoms with Crippen molar-refractivity contribution in [2.24, 2.45) is 0 Å². The molecule has 4 rings (SSSR count). The van der Waals surface area contributed by atoms with E-state index in [2.05, 4.69) is 71.1 Å². The van der Waals surface area contributed by atoms with Gasteiger partial charge in [0.1, 0.15) is 11.5 Å². The fourth-order valence-electron chi connectivity index (χ4n) is 5.95. The number of phenols is 2. The van der Waals surface area contributed by atoms with Gasteiger partial charge in [-0.2, -0.15) is 50.5 Å². The summed E-state index contributed by atoms with van der Waals surface area (Å²) < 4.78 is 0. The van der Waals surface area contributed by atoms with Gasteiger partial charge in [-0.15, -0.1) is 0 Å². The molecule has 18 heteroatoms. The van der Waals surface area contributed by atoms with Gasteiger partial charge in [-0.3, -0.25) is 9.59 Å². The van der Waals surface area contributed by atoms with Gasteiger partial charge in [-0.25, -0.2) is 0 Å². The van der Waals surface area contributed by atoms with Crippen LogP contribution in [0.5, 0.6) is 11.5 Å². The maximum absolute atomic E-state index is 12.1. The van der Waals surface area contributed by atoms with Gasteiger partial charge in [0, 0.05) is 70.4 Å². The number of rotatable bonds is 22. The largest absolute Gasteiger partial charge is 2.00 e. The molecule has 2 amide bonds. The molecule has 2 unspecified atom stereocenters. The van der Waals surface area contributed by atoms with E-state index >= 15 is 0 Å². The summed E-state index contributed by atoms with van der Waals surface area (Å²) in [6.07, 6.45) is 10.8. The predicted octanol–water partition coefficient (Wildman–Crippen LogP) is 0.773. The molecule has 6 N–H and O–H groups in total. The van der Waals surface area contributed by atoms with Gasteiger partial charge < -0.3 is 52.0 Å². The minimum atomic E-state index is -1.33. The minimum Gasteiger partial charge on any atom is -1.00 e. The molecular weight excluding hydrogens is 857 g/mol. The number of fused-ring (bicyclic) bond motifs is 2. The van der Waals surface area contributed by atoms with Crippen LogP contribution in [0.3, 0.4) is 0 Å². The summed E-state index contributed by atoms with van der Waals surface area (Å²) in [5, 5.41) is 49.2. The Bertz CT molecular complexity index is 1710. The monoisotopic (exact) mass is 906 g/mol. The number of aromatic amines is 2.